The van der Waals surface area contributed by atoms with E-state index in [1.54, 1.807) is 0 Å². The molecule has 1 saturated heterocycles. The van der Waals surface area contributed by atoms with Gasteiger partial charge in [-0.25, -0.2) is 0 Å². The van der Waals surface area contributed by atoms with Crippen molar-refractivity contribution in [2.75, 3.05) is 13.1 Å². The molecule has 1 aromatic heterocycles. The van der Waals surface area contributed by atoms with Crippen LogP contribution in [0.25, 0.3) is 0 Å². The molecule has 0 radical (unpaired) electrons. The molecule has 82 valence electrons. The maximum Gasteiger partial charge on any atom is 0.0853 e. The first-order valence-corrected chi connectivity index (χ1v) is 5.66. The van der Waals surface area contributed by atoms with E-state index < -0.39 is 0 Å². The van der Waals surface area contributed by atoms with Gasteiger partial charge in [0.1, 0.15) is 0 Å². The van der Waals surface area contributed by atoms with Crippen LogP contribution in [0.3, 0.4) is 0 Å². The second-order valence-electron chi connectivity index (χ2n) is 4.12. The molecule has 1 N–H and O–H groups in total. The van der Waals surface area contributed by atoms with Crippen molar-refractivity contribution in [1.82, 2.24) is 9.88 Å². The first kappa shape index (κ1) is 10.6. The highest BCUT2D eigenvalue weighted by atomic mass is 16.3. The molecule has 15 heavy (non-hydrogen) atoms. The molecule has 3 nitrogen and oxygen atoms in total. The highest BCUT2D eigenvalue weighted by Crippen LogP contribution is 2.12. The molecule has 0 spiro atoms. The molecule has 0 amide bonds. The van der Waals surface area contributed by atoms with Crippen LogP contribution in [-0.2, 0) is 13.2 Å². The molecule has 1 aromatic rings. The lowest BCUT2D eigenvalue weighted by Gasteiger charge is -2.25. The summed E-state index contributed by atoms with van der Waals surface area (Å²) in [4.78, 5) is 6.83. The maximum atomic E-state index is 8.99. The van der Waals surface area contributed by atoms with E-state index >= 15 is 0 Å². The summed E-state index contributed by atoms with van der Waals surface area (Å²) in [5.74, 6) is 0. The van der Waals surface area contributed by atoms with Gasteiger partial charge < -0.3 is 5.11 Å². The van der Waals surface area contributed by atoms with Gasteiger partial charge in [0.2, 0.25) is 0 Å². The first-order chi connectivity index (χ1) is 7.38. The molecule has 1 aliphatic rings. The average Bonchev–Trinajstić information content (AvgIpc) is 2.31. The zero-order valence-corrected chi connectivity index (χ0v) is 9.02. The number of likely N-dealkylation sites (tertiary alicyclic amines) is 1. The lowest BCUT2D eigenvalue weighted by Crippen LogP contribution is -2.29. The van der Waals surface area contributed by atoms with Crippen LogP contribution in [0.2, 0.25) is 0 Å². The molecule has 2 rings (SSSR count). The Morgan fingerprint density at radius 1 is 1.13 bits per heavy atom. The van der Waals surface area contributed by atoms with E-state index in [2.05, 4.69) is 9.88 Å². The molecule has 3 heteroatoms. The van der Waals surface area contributed by atoms with Gasteiger partial charge in [-0.2, -0.15) is 0 Å². The normalized spacial score (nSPS) is 17.9. The number of hydrogen-bond donors (Lipinski definition) is 1. The minimum atomic E-state index is 0.0356. The van der Waals surface area contributed by atoms with Gasteiger partial charge >= 0.3 is 0 Å². The van der Waals surface area contributed by atoms with Crippen LogP contribution >= 0.6 is 0 Å². The third-order valence-electron chi connectivity index (χ3n) is 2.86. The van der Waals surface area contributed by atoms with Crippen molar-refractivity contribution in [3.63, 3.8) is 0 Å². The van der Waals surface area contributed by atoms with Crippen LogP contribution in [0, 0.1) is 0 Å². The highest BCUT2D eigenvalue weighted by Gasteiger charge is 2.10. The fourth-order valence-corrected chi connectivity index (χ4v) is 2.05. The predicted molar refractivity (Wildman–Crippen MR) is 59.3 cm³/mol. The zero-order chi connectivity index (χ0) is 10.5. The number of aliphatic hydroxyl groups is 1. The van der Waals surface area contributed by atoms with Crippen molar-refractivity contribution >= 4 is 0 Å². The second-order valence-corrected chi connectivity index (χ2v) is 4.12. The molecule has 0 unspecified atom stereocenters. The quantitative estimate of drug-likeness (QED) is 0.815. The van der Waals surface area contributed by atoms with Gasteiger partial charge in [-0.3, -0.25) is 9.88 Å². The lowest BCUT2D eigenvalue weighted by molar-refractivity contribution is 0.217. The van der Waals surface area contributed by atoms with Crippen molar-refractivity contribution in [2.24, 2.45) is 0 Å². The summed E-state index contributed by atoms with van der Waals surface area (Å²) in [6, 6.07) is 5.87. The smallest absolute Gasteiger partial charge is 0.0853 e. The van der Waals surface area contributed by atoms with E-state index in [-0.39, 0.29) is 6.61 Å². The molecule has 1 fully saturated rings. The minimum Gasteiger partial charge on any atom is -0.390 e. The van der Waals surface area contributed by atoms with Crippen molar-refractivity contribution in [2.45, 2.75) is 32.4 Å². The molecule has 0 saturated carbocycles. The van der Waals surface area contributed by atoms with Gasteiger partial charge in [0, 0.05) is 6.54 Å². The molecule has 0 aliphatic carbocycles. The third-order valence-corrected chi connectivity index (χ3v) is 2.86. The third kappa shape index (κ3) is 3.01. The summed E-state index contributed by atoms with van der Waals surface area (Å²) in [5.41, 5.74) is 1.84. The van der Waals surface area contributed by atoms with E-state index in [0.29, 0.717) is 0 Å². The van der Waals surface area contributed by atoms with Crippen molar-refractivity contribution < 1.29 is 5.11 Å². The van der Waals surface area contributed by atoms with Crippen molar-refractivity contribution in [3.05, 3.63) is 29.6 Å². The fourth-order valence-electron chi connectivity index (χ4n) is 2.05. The number of nitrogens with zero attached hydrogens (tertiary/aromatic N) is 2. The number of rotatable bonds is 3. The summed E-state index contributed by atoms with van der Waals surface area (Å²) in [6.07, 6.45) is 3.97. The fraction of sp³-hybridized carbons (Fsp3) is 0.583. The van der Waals surface area contributed by atoms with Crippen LogP contribution in [0.15, 0.2) is 18.2 Å². The molecule has 0 aromatic carbocycles. The number of piperidine rings is 1. The second kappa shape index (κ2) is 5.24. The topological polar surface area (TPSA) is 36.4 Å². The minimum absolute atomic E-state index is 0.0356. The summed E-state index contributed by atoms with van der Waals surface area (Å²) in [6.45, 7) is 3.33. The zero-order valence-electron chi connectivity index (χ0n) is 9.02. The molecular weight excluding hydrogens is 188 g/mol. The molecule has 0 atom stereocenters. The Morgan fingerprint density at radius 2 is 1.87 bits per heavy atom. The van der Waals surface area contributed by atoms with Crippen LogP contribution in [0.5, 0.6) is 0 Å². The molecule has 1 aliphatic heterocycles. The van der Waals surface area contributed by atoms with Crippen LogP contribution in [0.1, 0.15) is 30.7 Å². The van der Waals surface area contributed by atoms with E-state index in [1.807, 2.05) is 18.2 Å². The van der Waals surface area contributed by atoms with Gasteiger partial charge in [0.15, 0.2) is 0 Å². The van der Waals surface area contributed by atoms with E-state index in [1.165, 1.54) is 32.4 Å². The van der Waals surface area contributed by atoms with Gasteiger partial charge in [-0.05, 0) is 38.1 Å². The standard InChI is InChI=1S/C12H18N2O/c15-10-12-6-4-5-11(13-12)9-14-7-2-1-3-8-14/h4-6,15H,1-3,7-10H2. The Labute approximate surface area is 90.8 Å². The molecule has 2 heterocycles. The maximum absolute atomic E-state index is 8.99. The molecule has 0 bridgehead atoms. The van der Waals surface area contributed by atoms with Gasteiger partial charge in [-0.15, -0.1) is 0 Å². The Balaban J connectivity index is 1.96. The number of hydrogen-bond acceptors (Lipinski definition) is 3. The first-order valence-electron chi connectivity index (χ1n) is 5.66. The number of aromatic nitrogens is 1. The molecular formula is C12H18N2O. The Bertz CT molecular complexity index is 308. The van der Waals surface area contributed by atoms with E-state index in [9.17, 15) is 0 Å². The van der Waals surface area contributed by atoms with Gasteiger partial charge in [0.25, 0.3) is 0 Å². The van der Waals surface area contributed by atoms with Crippen LogP contribution in [-0.4, -0.2) is 28.1 Å². The van der Waals surface area contributed by atoms with Crippen molar-refractivity contribution in [1.29, 1.82) is 0 Å². The SMILES string of the molecule is OCc1cccc(CN2CCCCC2)n1. The Hall–Kier alpha value is -0.930. The summed E-state index contributed by atoms with van der Waals surface area (Å²) in [5, 5.41) is 8.99. The van der Waals surface area contributed by atoms with Crippen molar-refractivity contribution in [3.8, 4) is 0 Å². The predicted octanol–water partition coefficient (Wildman–Crippen LogP) is 1.56. The number of aliphatic hydroxyl groups excluding tert-OH is 1. The Kier molecular flexibility index (Phi) is 3.69. The summed E-state index contributed by atoms with van der Waals surface area (Å²) < 4.78 is 0. The largest absolute Gasteiger partial charge is 0.390 e. The summed E-state index contributed by atoms with van der Waals surface area (Å²) >= 11 is 0. The van der Waals surface area contributed by atoms with Gasteiger partial charge in [-0.1, -0.05) is 12.5 Å². The highest BCUT2D eigenvalue weighted by molar-refractivity contribution is 5.10. The van der Waals surface area contributed by atoms with E-state index in [0.717, 1.165) is 17.9 Å². The summed E-state index contributed by atoms with van der Waals surface area (Å²) in [7, 11) is 0. The Morgan fingerprint density at radius 3 is 2.60 bits per heavy atom. The van der Waals surface area contributed by atoms with E-state index in [4.69, 9.17) is 5.11 Å². The van der Waals surface area contributed by atoms with Crippen LogP contribution < -0.4 is 0 Å². The lowest BCUT2D eigenvalue weighted by atomic mass is 10.1. The average molecular weight is 206 g/mol. The number of pyridine rings is 1. The van der Waals surface area contributed by atoms with Gasteiger partial charge in [0.05, 0.1) is 18.0 Å². The van der Waals surface area contributed by atoms with Crippen LogP contribution in [0.4, 0.5) is 0 Å². The monoisotopic (exact) mass is 206 g/mol.